The van der Waals surface area contributed by atoms with Crippen LogP contribution in [0.1, 0.15) is 28.1 Å². The normalized spacial score (nSPS) is 24.0. The van der Waals surface area contributed by atoms with Crippen LogP contribution in [-0.2, 0) is 17.8 Å². The lowest BCUT2D eigenvalue weighted by Crippen LogP contribution is -2.50. The lowest BCUT2D eigenvalue weighted by atomic mass is 9.87. The molecule has 0 N–H and O–H groups in total. The maximum Gasteiger partial charge on any atom is 0.0727 e. The van der Waals surface area contributed by atoms with Gasteiger partial charge in [0.25, 0.3) is 0 Å². The van der Waals surface area contributed by atoms with E-state index in [0.29, 0.717) is 0 Å². The van der Waals surface area contributed by atoms with Gasteiger partial charge in [0.2, 0.25) is 0 Å². The molecule has 0 amide bonds. The van der Waals surface area contributed by atoms with Crippen molar-refractivity contribution < 1.29 is 8.85 Å². The molecule has 1 aliphatic carbocycles. The molecule has 0 spiro atoms. The molecule has 0 saturated heterocycles. The highest BCUT2D eigenvalue weighted by Gasteiger charge is 2.35. The van der Waals surface area contributed by atoms with Gasteiger partial charge in [-0.25, -0.2) is 0 Å². The van der Waals surface area contributed by atoms with Crippen molar-refractivity contribution in [1.29, 1.82) is 0 Å². The molecule has 2 aromatic rings. The SMILES string of the molecule is [2H]C([2H])([2H])O[C@H]1CC[C@@H]1N(Cc1ccccc1)Cc1ccccc1. The van der Waals surface area contributed by atoms with Gasteiger partial charge in [0.15, 0.2) is 0 Å². The van der Waals surface area contributed by atoms with Crippen molar-refractivity contribution in [1.82, 2.24) is 4.90 Å². The van der Waals surface area contributed by atoms with Gasteiger partial charge in [-0.3, -0.25) is 4.90 Å². The summed E-state index contributed by atoms with van der Waals surface area (Å²) in [5, 5.41) is 0. The summed E-state index contributed by atoms with van der Waals surface area (Å²) in [6, 6.07) is 20.7. The van der Waals surface area contributed by atoms with E-state index in [1.165, 1.54) is 11.1 Å². The first-order chi connectivity index (χ1) is 11.5. The van der Waals surface area contributed by atoms with Crippen molar-refractivity contribution in [2.45, 2.75) is 38.1 Å². The summed E-state index contributed by atoms with van der Waals surface area (Å²) >= 11 is 0. The lowest BCUT2D eigenvalue weighted by molar-refractivity contribution is -0.0551. The van der Waals surface area contributed by atoms with Crippen molar-refractivity contribution in [2.75, 3.05) is 7.04 Å². The van der Waals surface area contributed by atoms with Crippen LogP contribution in [0.4, 0.5) is 0 Å². The molecule has 0 unspecified atom stereocenters. The Balaban J connectivity index is 1.74. The van der Waals surface area contributed by atoms with Gasteiger partial charge >= 0.3 is 0 Å². The Morgan fingerprint density at radius 3 is 1.95 bits per heavy atom. The van der Waals surface area contributed by atoms with Crippen LogP contribution in [0.3, 0.4) is 0 Å². The average Bonchev–Trinajstić information content (AvgIpc) is 2.53. The maximum absolute atomic E-state index is 7.37. The van der Waals surface area contributed by atoms with E-state index in [0.717, 1.165) is 25.9 Å². The largest absolute Gasteiger partial charge is 0.380 e. The fourth-order valence-electron chi connectivity index (χ4n) is 2.93. The van der Waals surface area contributed by atoms with Crippen molar-refractivity contribution in [3.05, 3.63) is 71.8 Å². The highest BCUT2D eigenvalue weighted by Crippen LogP contribution is 2.30. The monoisotopic (exact) mass is 284 g/mol. The van der Waals surface area contributed by atoms with Crippen LogP contribution in [0.25, 0.3) is 0 Å². The molecule has 2 nitrogen and oxygen atoms in total. The van der Waals surface area contributed by atoms with Gasteiger partial charge in [-0.1, -0.05) is 60.7 Å². The Bertz CT molecular complexity index is 589. The number of nitrogens with zero attached hydrogens (tertiary/aromatic N) is 1. The molecule has 0 bridgehead atoms. The van der Waals surface area contributed by atoms with Crippen LogP contribution in [0, 0.1) is 0 Å². The number of hydrogen-bond acceptors (Lipinski definition) is 2. The summed E-state index contributed by atoms with van der Waals surface area (Å²) < 4.78 is 27.4. The molecule has 21 heavy (non-hydrogen) atoms. The van der Waals surface area contributed by atoms with Crippen molar-refractivity contribution in [3.8, 4) is 0 Å². The Kier molecular flexibility index (Phi) is 3.60. The van der Waals surface area contributed by atoms with Crippen LogP contribution in [0.2, 0.25) is 0 Å². The molecule has 0 aliphatic heterocycles. The van der Waals surface area contributed by atoms with Gasteiger partial charge in [0.05, 0.1) is 10.2 Å². The van der Waals surface area contributed by atoms with Crippen molar-refractivity contribution in [3.63, 3.8) is 0 Å². The Labute approximate surface area is 131 Å². The molecule has 1 aliphatic rings. The molecule has 0 radical (unpaired) electrons. The molecular formula is C19H23NO. The first-order valence-corrected chi connectivity index (χ1v) is 7.51. The van der Waals surface area contributed by atoms with Crippen LogP contribution in [0.15, 0.2) is 60.7 Å². The number of methoxy groups -OCH3 is 1. The Morgan fingerprint density at radius 2 is 1.52 bits per heavy atom. The van der Waals surface area contributed by atoms with E-state index in [2.05, 4.69) is 29.2 Å². The molecule has 1 saturated carbocycles. The van der Waals surface area contributed by atoms with Gasteiger partial charge in [-0.15, -0.1) is 0 Å². The summed E-state index contributed by atoms with van der Waals surface area (Å²) in [6.07, 6.45) is 1.56. The number of rotatable bonds is 6. The van der Waals surface area contributed by atoms with Crippen molar-refractivity contribution in [2.24, 2.45) is 0 Å². The van der Waals surface area contributed by atoms with Gasteiger partial charge in [0, 0.05) is 26.2 Å². The van der Waals surface area contributed by atoms with E-state index in [1.54, 1.807) is 0 Å². The third-order valence-corrected chi connectivity index (χ3v) is 4.25. The summed E-state index contributed by atoms with van der Waals surface area (Å²) in [7, 11) is -2.32. The first kappa shape index (κ1) is 11.0. The lowest BCUT2D eigenvalue weighted by Gasteiger charge is -2.43. The predicted octanol–water partition coefficient (Wildman–Crippen LogP) is 3.87. The van der Waals surface area contributed by atoms with Crippen LogP contribution < -0.4 is 0 Å². The molecule has 1 fully saturated rings. The van der Waals surface area contributed by atoms with E-state index in [1.807, 2.05) is 36.4 Å². The second-order valence-electron chi connectivity index (χ2n) is 5.68. The Morgan fingerprint density at radius 1 is 0.952 bits per heavy atom. The zero-order valence-electron chi connectivity index (χ0n) is 15.1. The van der Waals surface area contributed by atoms with Gasteiger partial charge in [-0.2, -0.15) is 0 Å². The standard InChI is InChI=1S/C19H23NO/c1-21-19-13-12-18(19)20(14-16-8-4-2-5-9-16)15-17-10-6-3-7-11-17/h2-11,18-19H,12-15H2,1H3/t18-,19-/m0/s1/i1D3. The minimum Gasteiger partial charge on any atom is -0.380 e. The average molecular weight is 284 g/mol. The summed E-state index contributed by atoms with van der Waals surface area (Å²) in [5.74, 6) is 0. The maximum atomic E-state index is 7.37. The number of hydrogen-bond donors (Lipinski definition) is 0. The van der Waals surface area contributed by atoms with Gasteiger partial charge in [0.1, 0.15) is 0 Å². The second-order valence-corrected chi connectivity index (χ2v) is 5.68. The zero-order valence-corrected chi connectivity index (χ0v) is 12.1. The molecule has 110 valence electrons. The molecule has 0 aromatic heterocycles. The van der Waals surface area contributed by atoms with Gasteiger partial charge < -0.3 is 4.74 Å². The highest BCUT2D eigenvalue weighted by atomic mass is 16.5. The molecule has 2 heteroatoms. The topological polar surface area (TPSA) is 12.5 Å². The molecule has 3 rings (SSSR count). The van der Waals surface area contributed by atoms with Crippen LogP contribution >= 0.6 is 0 Å². The third kappa shape index (κ3) is 3.52. The molecule has 2 aromatic carbocycles. The third-order valence-electron chi connectivity index (χ3n) is 4.25. The number of benzene rings is 2. The predicted molar refractivity (Wildman–Crippen MR) is 86.0 cm³/mol. The minimum absolute atomic E-state index is 0.144. The summed E-state index contributed by atoms with van der Waals surface area (Å²) in [5.41, 5.74) is 2.46. The fraction of sp³-hybridized carbons (Fsp3) is 0.368. The van der Waals surface area contributed by atoms with E-state index < -0.39 is 7.04 Å². The molecular weight excluding hydrogens is 258 g/mol. The summed E-state index contributed by atoms with van der Waals surface area (Å²) in [6.45, 7) is 1.59. The quantitative estimate of drug-likeness (QED) is 0.798. The van der Waals surface area contributed by atoms with Gasteiger partial charge in [-0.05, 0) is 24.0 Å². The van der Waals surface area contributed by atoms with E-state index >= 15 is 0 Å². The molecule has 2 atom stereocenters. The van der Waals surface area contributed by atoms with E-state index in [4.69, 9.17) is 8.85 Å². The zero-order chi connectivity index (χ0) is 17.0. The van der Waals surface area contributed by atoms with Crippen LogP contribution in [-0.4, -0.2) is 24.1 Å². The minimum atomic E-state index is -2.32. The fourth-order valence-corrected chi connectivity index (χ4v) is 2.93. The molecule has 0 heterocycles. The first-order valence-electron chi connectivity index (χ1n) is 9.01. The number of ether oxygens (including phenoxy) is 1. The smallest absolute Gasteiger partial charge is 0.0727 e. The van der Waals surface area contributed by atoms with Crippen molar-refractivity contribution >= 4 is 0 Å². The highest BCUT2D eigenvalue weighted by molar-refractivity contribution is 5.18. The summed E-state index contributed by atoms with van der Waals surface area (Å²) in [4.78, 5) is 2.34. The van der Waals surface area contributed by atoms with E-state index in [9.17, 15) is 0 Å². The van der Waals surface area contributed by atoms with Crippen LogP contribution in [0.5, 0.6) is 0 Å². The Hall–Kier alpha value is -1.64. The second kappa shape index (κ2) is 6.88. The van der Waals surface area contributed by atoms with E-state index in [-0.39, 0.29) is 12.1 Å².